The lowest BCUT2D eigenvalue weighted by molar-refractivity contribution is 0.164. The van der Waals surface area contributed by atoms with Gasteiger partial charge >= 0.3 is 0 Å². The third-order valence-electron chi connectivity index (χ3n) is 2.41. The van der Waals surface area contributed by atoms with Crippen LogP contribution in [0.25, 0.3) is 0 Å². The topological polar surface area (TPSA) is 9.23 Å². The number of rotatable bonds is 11. The Kier molecular flexibility index (Phi) is 12.9. The molecule has 0 aliphatic rings. The second-order valence-corrected chi connectivity index (χ2v) is 5.74. The first-order valence-electron chi connectivity index (χ1n) is 6.14. The summed E-state index contributed by atoms with van der Waals surface area (Å²) in [6, 6.07) is 0. The van der Waals surface area contributed by atoms with Crippen LogP contribution < -0.4 is 0 Å². The largest absolute Gasteiger partial charge is 0.376 e. The SMILES string of the molecule is C=CCOCC(I)CCCCCCCC. The minimum Gasteiger partial charge on any atom is -0.376 e. The molecule has 0 aromatic carbocycles. The van der Waals surface area contributed by atoms with E-state index in [-0.39, 0.29) is 0 Å². The van der Waals surface area contributed by atoms with E-state index in [9.17, 15) is 0 Å². The Morgan fingerprint density at radius 1 is 1.20 bits per heavy atom. The molecule has 0 aromatic rings. The molecule has 0 aliphatic heterocycles. The number of alkyl halides is 1. The molecule has 0 N–H and O–H groups in total. The van der Waals surface area contributed by atoms with Gasteiger partial charge in [0.2, 0.25) is 0 Å². The van der Waals surface area contributed by atoms with Gasteiger partial charge in [-0.05, 0) is 6.42 Å². The lowest BCUT2D eigenvalue weighted by Gasteiger charge is -2.09. The van der Waals surface area contributed by atoms with E-state index in [4.69, 9.17) is 4.74 Å². The summed E-state index contributed by atoms with van der Waals surface area (Å²) in [7, 11) is 0. The molecule has 0 spiro atoms. The number of ether oxygens (including phenoxy) is 1. The molecule has 15 heavy (non-hydrogen) atoms. The van der Waals surface area contributed by atoms with E-state index >= 15 is 0 Å². The summed E-state index contributed by atoms with van der Waals surface area (Å²) in [6.07, 6.45) is 11.4. The smallest absolute Gasteiger partial charge is 0.0645 e. The van der Waals surface area contributed by atoms with Crippen molar-refractivity contribution in [3.8, 4) is 0 Å². The fraction of sp³-hybridized carbons (Fsp3) is 0.846. The van der Waals surface area contributed by atoms with Crippen LogP contribution in [0.15, 0.2) is 12.7 Å². The lowest BCUT2D eigenvalue weighted by Crippen LogP contribution is -2.08. The molecule has 0 aliphatic carbocycles. The maximum Gasteiger partial charge on any atom is 0.0645 e. The average molecular weight is 324 g/mol. The summed E-state index contributed by atoms with van der Waals surface area (Å²) in [6.45, 7) is 7.46. The third kappa shape index (κ3) is 12.4. The molecule has 0 rings (SSSR count). The van der Waals surface area contributed by atoms with Crippen LogP contribution in [0, 0.1) is 0 Å². The lowest BCUT2D eigenvalue weighted by atomic mass is 10.1. The zero-order valence-electron chi connectivity index (χ0n) is 10.0. The van der Waals surface area contributed by atoms with Gasteiger partial charge in [0.1, 0.15) is 0 Å². The second kappa shape index (κ2) is 12.5. The van der Waals surface area contributed by atoms with Crippen molar-refractivity contribution in [1.29, 1.82) is 0 Å². The predicted molar refractivity (Wildman–Crippen MR) is 76.8 cm³/mol. The van der Waals surface area contributed by atoms with Gasteiger partial charge in [0.05, 0.1) is 13.2 Å². The normalized spacial score (nSPS) is 12.7. The summed E-state index contributed by atoms with van der Waals surface area (Å²) >= 11 is 2.49. The van der Waals surface area contributed by atoms with E-state index in [1.165, 1.54) is 44.9 Å². The molecule has 0 aromatic heterocycles. The monoisotopic (exact) mass is 324 g/mol. The Morgan fingerprint density at radius 3 is 2.53 bits per heavy atom. The Labute approximate surface area is 109 Å². The van der Waals surface area contributed by atoms with Crippen LogP contribution in [0.2, 0.25) is 0 Å². The molecule has 90 valence electrons. The van der Waals surface area contributed by atoms with Crippen molar-refractivity contribution in [1.82, 2.24) is 0 Å². The van der Waals surface area contributed by atoms with Gasteiger partial charge in [-0.3, -0.25) is 0 Å². The van der Waals surface area contributed by atoms with Gasteiger partial charge < -0.3 is 4.74 Å². The number of halogens is 1. The highest BCUT2D eigenvalue weighted by Crippen LogP contribution is 2.13. The second-order valence-electron chi connectivity index (χ2n) is 3.98. The molecule has 1 unspecified atom stereocenters. The Morgan fingerprint density at radius 2 is 1.87 bits per heavy atom. The minimum absolute atomic E-state index is 0.675. The summed E-state index contributed by atoms with van der Waals surface area (Å²) in [4.78, 5) is 0. The number of unbranched alkanes of at least 4 members (excludes halogenated alkanes) is 5. The van der Waals surface area contributed by atoms with E-state index in [0.717, 1.165) is 6.61 Å². The Balaban J connectivity index is 3.09. The van der Waals surface area contributed by atoms with Crippen LogP contribution in [0.1, 0.15) is 51.9 Å². The van der Waals surface area contributed by atoms with Gasteiger partial charge in [-0.1, -0.05) is 74.1 Å². The zero-order valence-corrected chi connectivity index (χ0v) is 12.2. The molecule has 1 nitrogen and oxygen atoms in total. The molecule has 0 saturated carbocycles. The average Bonchev–Trinajstić information content (AvgIpc) is 2.23. The van der Waals surface area contributed by atoms with Gasteiger partial charge in [0.25, 0.3) is 0 Å². The van der Waals surface area contributed by atoms with Crippen molar-refractivity contribution in [2.75, 3.05) is 13.2 Å². The standard InChI is InChI=1S/C13H25IO/c1-3-5-6-7-8-9-10-13(14)12-15-11-4-2/h4,13H,2-3,5-12H2,1H3. The predicted octanol–water partition coefficient (Wildman–Crippen LogP) is 4.74. The van der Waals surface area contributed by atoms with E-state index in [0.29, 0.717) is 10.5 Å². The van der Waals surface area contributed by atoms with Gasteiger partial charge in [-0.2, -0.15) is 0 Å². The fourth-order valence-electron chi connectivity index (χ4n) is 1.51. The summed E-state index contributed by atoms with van der Waals surface area (Å²) in [5, 5.41) is 0. The van der Waals surface area contributed by atoms with E-state index < -0.39 is 0 Å². The van der Waals surface area contributed by atoms with Gasteiger partial charge in [0.15, 0.2) is 0 Å². The molecule has 0 radical (unpaired) electrons. The molecule has 0 amide bonds. The van der Waals surface area contributed by atoms with Crippen LogP contribution in [-0.4, -0.2) is 17.1 Å². The van der Waals surface area contributed by atoms with E-state index in [1.807, 2.05) is 6.08 Å². The van der Waals surface area contributed by atoms with Crippen LogP contribution in [-0.2, 0) is 4.74 Å². The van der Waals surface area contributed by atoms with Crippen molar-refractivity contribution in [3.05, 3.63) is 12.7 Å². The third-order valence-corrected chi connectivity index (χ3v) is 3.39. The maximum absolute atomic E-state index is 5.41. The minimum atomic E-state index is 0.675. The molecule has 0 fully saturated rings. The van der Waals surface area contributed by atoms with Crippen LogP contribution in [0.3, 0.4) is 0 Å². The Bertz CT molecular complexity index is 136. The summed E-state index contributed by atoms with van der Waals surface area (Å²) in [5.41, 5.74) is 0. The fourth-order valence-corrected chi connectivity index (χ4v) is 2.20. The van der Waals surface area contributed by atoms with Gasteiger partial charge in [-0.25, -0.2) is 0 Å². The molecule has 0 saturated heterocycles. The van der Waals surface area contributed by atoms with Crippen LogP contribution in [0.5, 0.6) is 0 Å². The van der Waals surface area contributed by atoms with Crippen molar-refractivity contribution in [3.63, 3.8) is 0 Å². The summed E-state index contributed by atoms with van der Waals surface area (Å²) in [5.74, 6) is 0. The highest BCUT2D eigenvalue weighted by molar-refractivity contribution is 14.1. The molecule has 2 heteroatoms. The quantitative estimate of drug-likeness (QED) is 0.231. The molecule has 0 bridgehead atoms. The molecule has 1 atom stereocenters. The van der Waals surface area contributed by atoms with E-state index in [2.05, 4.69) is 36.1 Å². The highest BCUT2D eigenvalue weighted by atomic mass is 127. The highest BCUT2D eigenvalue weighted by Gasteiger charge is 2.02. The van der Waals surface area contributed by atoms with Gasteiger partial charge in [-0.15, -0.1) is 6.58 Å². The van der Waals surface area contributed by atoms with Crippen molar-refractivity contribution < 1.29 is 4.74 Å². The van der Waals surface area contributed by atoms with Crippen molar-refractivity contribution >= 4 is 22.6 Å². The van der Waals surface area contributed by atoms with Crippen molar-refractivity contribution in [2.45, 2.75) is 55.8 Å². The molecular weight excluding hydrogens is 299 g/mol. The summed E-state index contributed by atoms with van der Waals surface area (Å²) < 4.78 is 6.09. The van der Waals surface area contributed by atoms with Crippen LogP contribution >= 0.6 is 22.6 Å². The first-order valence-corrected chi connectivity index (χ1v) is 7.38. The molecule has 0 heterocycles. The van der Waals surface area contributed by atoms with Crippen molar-refractivity contribution in [2.24, 2.45) is 0 Å². The Hall–Kier alpha value is 0.430. The number of hydrogen-bond acceptors (Lipinski definition) is 1. The first kappa shape index (κ1) is 15.4. The van der Waals surface area contributed by atoms with E-state index in [1.54, 1.807) is 0 Å². The van der Waals surface area contributed by atoms with Gasteiger partial charge in [0, 0.05) is 3.92 Å². The zero-order chi connectivity index (χ0) is 11.4. The first-order chi connectivity index (χ1) is 7.31. The molecular formula is C13H25IO. The van der Waals surface area contributed by atoms with Crippen LogP contribution in [0.4, 0.5) is 0 Å². The maximum atomic E-state index is 5.41. The number of hydrogen-bond donors (Lipinski definition) is 0.